The Balaban J connectivity index is 2.05. The highest BCUT2D eigenvalue weighted by atomic mass is 19.4. The van der Waals surface area contributed by atoms with E-state index in [0.29, 0.717) is 32.1 Å². The highest BCUT2D eigenvalue weighted by molar-refractivity contribution is 5.96. The molecular weight excluding hydrogens is 515 g/mol. The average Bonchev–Trinajstić information content (AvgIpc) is 2.88. The van der Waals surface area contributed by atoms with Crippen LogP contribution in [-0.4, -0.2) is 61.0 Å². The van der Waals surface area contributed by atoms with E-state index >= 15 is 4.39 Å². The number of benzene rings is 1. The fourth-order valence-electron chi connectivity index (χ4n) is 4.11. The molecule has 1 aromatic carbocycles. The van der Waals surface area contributed by atoms with Crippen LogP contribution in [0.1, 0.15) is 24.5 Å². The summed E-state index contributed by atoms with van der Waals surface area (Å²) >= 11 is 0. The molecule has 1 unspecified atom stereocenters. The molecule has 4 N–H and O–H groups in total. The number of alkyl halides is 3. The molecule has 0 fully saturated rings. The number of ether oxygens (including phenoxy) is 3. The second-order valence-corrected chi connectivity index (χ2v) is 8.72. The van der Waals surface area contributed by atoms with E-state index in [1.807, 2.05) is 0 Å². The summed E-state index contributed by atoms with van der Waals surface area (Å²) in [4.78, 5) is 12.6. The van der Waals surface area contributed by atoms with Crippen LogP contribution in [0.3, 0.4) is 0 Å². The molecule has 0 amide bonds. The van der Waals surface area contributed by atoms with Crippen LogP contribution in [0.5, 0.6) is 11.9 Å². The zero-order valence-corrected chi connectivity index (χ0v) is 20.9. The van der Waals surface area contributed by atoms with Gasteiger partial charge < -0.3 is 30.6 Å². The third kappa shape index (κ3) is 5.50. The number of rotatable bonds is 5. The molecule has 1 atom stereocenters. The molecule has 38 heavy (non-hydrogen) atoms. The molecule has 0 saturated carbocycles. The van der Waals surface area contributed by atoms with Gasteiger partial charge in [0.05, 0.1) is 24.0 Å². The number of halogens is 5. The second kappa shape index (κ2) is 11.1. The maximum atomic E-state index is 16.1. The zero-order chi connectivity index (χ0) is 27.6. The van der Waals surface area contributed by atoms with E-state index in [-0.39, 0.29) is 41.8 Å². The number of pyridine rings is 1. The SMILES string of the molecule is COCCOc1nc2c3c(nc(-c4cc(N)c(F)c(C)c4C(F)(F)F)c(F)c3n1)OC(C)CCNCCN2. The molecule has 1 aliphatic heterocycles. The predicted molar refractivity (Wildman–Crippen MR) is 130 cm³/mol. The second-order valence-electron chi connectivity index (χ2n) is 8.72. The van der Waals surface area contributed by atoms with Gasteiger partial charge in [-0.1, -0.05) is 0 Å². The molecule has 2 aromatic heterocycles. The first-order valence-corrected chi connectivity index (χ1v) is 11.8. The summed E-state index contributed by atoms with van der Waals surface area (Å²) in [6.07, 6.45) is -4.97. The fraction of sp³-hybridized carbons (Fsp3) is 0.458. The van der Waals surface area contributed by atoms with Crippen LogP contribution >= 0.6 is 0 Å². The Morgan fingerprint density at radius 3 is 2.58 bits per heavy atom. The number of methoxy groups -OCH3 is 1. The Morgan fingerprint density at radius 1 is 1.11 bits per heavy atom. The number of nitrogens with one attached hydrogen (secondary N) is 2. The van der Waals surface area contributed by atoms with E-state index in [2.05, 4.69) is 25.6 Å². The van der Waals surface area contributed by atoms with E-state index < -0.39 is 52.0 Å². The first-order valence-electron chi connectivity index (χ1n) is 11.8. The third-order valence-electron chi connectivity index (χ3n) is 5.95. The summed E-state index contributed by atoms with van der Waals surface area (Å²) in [5.41, 5.74) is 1.00. The van der Waals surface area contributed by atoms with Crippen molar-refractivity contribution in [2.24, 2.45) is 0 Å². The summed E-state index contributed by atoms with van der Waals surface area (Å²) < 4.78 is 89.3. The molecule has 9 nitrogen and oxygen atoms in total. The minimum absolute atomic E-state index is 0.0273. The van der Waals surface area contributed by atoms with Crippen LogP contribution < -0.4 is 25.8 Å². The molecule has 206 valence electrons. The predicted octanol–water partition coefficient (Wildman–Crippen LogP) is 4.08. The Kier molecular flexibility index (Phi) is 8.02. The van der Waals surface area contributed by atoms with Crippen molar-refractivity contribution < 1.29 is 36.2 Å². The number of nitrogens with two attached hydrogens (primary N) is 1. The smallest absolute Gasteiger partial charge is 0.417 e. The lowest BCUT2D eigenvalue weighted by Gasteiger charge is -2.21. The van der Waals surface area contributed by atoms with Crippen molar-refractivity contribution in [3.63, 3.8) is 0 Å². The van der Waals surface area contributed by atoms with E-state index in [9.17, 15) is 17.6 Å². The van der Waals surface area contributed by atoms with Crippen molar-refractivity contribution in [1.82, 2.24) is 20.3 Å². The van der Waals surface area contributed by atoms with Gasteiger partial charge in [-0.05, 0) is 38.4 Å². The number of anilines is 2. The molecule has 0 saturated heterocycles. The van der Waals surface area contributed by atoms with Gasteiger partial charge >= 0.3 is 12.2 Å². The Bertz CT molecular complexity index is 1340. The minimum atomic E-state index is -5.04. The van der Waals surface area contributed by atoms with Crippen molar-refractivity contribution in [1.29, 1.82) is 0 Å². The third-order valence-corrected chi connectivity index (χ3v) is 5.95. The fourth-order valence-corrected chi connectivity index (χ4v) is 4.11. The summed E-state index contributed by atoms with van der Waals surface area (Å²) in [5, 5.41) is 6.30. The first-order chi connectivity index (χ1) is 18.0. The van der Waals surface area contributed by atoms with Crippen LogP contribution in [0.15, 0.2) is 6.07 Å². The van der Waals surface area contributed by atoms with Gasteiger partial charge in [-0.2, -0.15) is 23.1 Å². The highest BCUT2D eigenvalue weighted by Gasteiger charge is 2.39. The molecule has 0 radical (unpaired) electrons. The number of aromatic nitrogens is 3. The lowest BCUT2D eigenvalue weighted by atomic mass is 9.96. The summed E-state index contributed by atoms with van der Waals surface area (Å²) in [5.74, 6) is -2.52. The molecule has 0 bridgehead atoms. The van der Waals surface area contributed by atoms with Gasteiger partial charge in [0, 0.05) is 25.8 Å². The molecule has 4 rings (SSSR count). The van der Waals surface area contributed by atoms with Crippen LogP contribution in [0, 0.1) is 18.6 Å². The van der Waals surface area contributed by atoms with Crippen molar-refractivity contribution in [2.45, 2.75) is 32.5 Å². The number of hydrogen-bond acceptors (Lipinski definition) is 9. The van der Waals surface area contributed by atoms with Crippen LogP contribution in [0.2, 0.25) is 0 Å². The average molecular weight is 543 g/mol. The largest absolute Gasteiger partial charge is 0.474 e. The van der Waals surface area contributed by atoms with Crippen molar-refractivity contribution >= 4 is 22.4 Å². The lowest BCUT2D eigenvalue weighted by Crippen LogP contribution is -2.26. The standard InChI is InChI=1S/C24H27F5N6O3/c1-11-4-5-31-6-7-32-21-15-20(34-23(35-21)37-9-8-36-3)18(26)19(33-22(15)38-11)13-10-14(30)17(25)12(2)16(13)24(27,28)29/h10-11,31H,4-9,30H2,1-3H3,(H,32,34,35). The van der Waals surface area contributed by atoms with Gasteiger partial charge in [-0.3, -0.25) is 0 Å². The Morgan fingerprint density at radius 2 is 1.87 bits per heavy atom. The zero-order valence-electron chi connectivity index (χ0n) is 20.9. The van der Waals surface area contributed by atoms with Crippen LogP contribution in [0.4, 0.5) is 33.5 Å². The quantitative estimate of drug-likeness (QED) is 0.249. The topological polar surface area (TPSA) is 116 Å². The Hall–Kier alpha value is -3.52. The summed E-state index contributed by atoms with van der Waals surface area (Å²) in [7, 11) is 1.46. The molecule has 3 aromatic rings. The molecule has 1 aliphatic rings. The number of nitrogens with zero attached hydrogens (tertiary/aromatic N) is 3. The van der Waals surface area contributed by atoms with Gasteiger partial charge in [-0.25, -0.2) is 13.8 Å². The van der Waals surface area contributed by atoms with Crippen molar-refractivity contribution in [3.8, 4) is 23.1 Å². The number of hydrogen-bond donors (Lipinski definition) is 3. The molecule has 3 heterocycles. The monoisotopic (exact) mass is 542 g/mol. The van der Waals surface area contributed by atoms with Gasteiger partial charge in [0.1, 0.15) is 34.8 Å². The van der Waals surface area contributed by atoms with E-state index in [4.69, 9.17) is 19.9 Å². The maximum absolute atomic E-state index is 16.1. The van der Waals surface area contributed by atoms with Crippen LogP contribution in [-0.2, 0) is 10.9 Å². The van der Waals surface area contributed by atoms with Gasteiger partial charge in [0.25, 0.3) is 0 Å². The van der Waals surface area contributed by atoms with E-state index in [1.54, 1.807) is 6.92 Å². The van der Waals surface area contributed by atoms with Crippen molar-refractivity contribution in [3.05, 3.63) is 28.8 Å². The van der Waals surface area contributed by atoms with Gasteiger partial charge in [0.15, 0.2) is 5.82 Å². The number of nitrogen functional groups attached to an aromatic ring is 1. The molecule has 14 heteroatoms. The van der Waals surface area contributed by atoms with Crippen molar-refractivity contribution in [2.75, 3.05) is 51.0 Å². The van der Waals surface area contributed by atoms with E-state index in [0.717, 1.165) is 6.92 Å². The minimum Gasteiger partial charge on any atom is -0.474 e. The summed E-state index contributed by atoms with van der Waals surface area (Å²) in [6, 6.07) is 0.477. The first kappa shape index (κ1) is 27.5. The maximum Gasteiger partial charge on any atom is 0.417 e. The highest BCUT2D eigenvalue weighted by Crippen LogP contribution is 2.44. The lowest BCUT2D eigenvalue weighted by molar-refractivity contribution is -0.137. The summed E-state index contributed by atoms with van der Waals surface area (Å²) in [6.45, 7) is 4.40. The van der Waals surface area contributed by atoms with E-state index in [1.165, 1.54) is 7.11 Å². The van der Waals surface area contributed by atoms with Gasteiger partial charge in [-0.15, -0.1) is 0 Å². The van der Waals surface area contributed by atoms with Crippen LogP contribution in [0.25, 0.3) is 22.2 Å². The Labute approximate surface area is 214 Å². The molecular formula is C24H27F5N6O3. The molecule has 0 spiro atoms. The molecule has 0 aliphatic carbocycles. The van der Waals surface area contributed by atoms with Gasteiger partial charge in [0.2, 0.25) is 5.88 Å². The normalized spacial score (nSPS) is 16.5.